The Bertz CT molecular complexity index is 538. The molecule has 3 nitrogen and oxygen atoms in total. The Labute approximate surface area is 116 Å². The Kier molecular flexibility index (Phi) is 3.24. The van der Waals surface area contributed by atoms with Crippen molar-refractivity contribution in [2.24, 2.45) is 11.8 Å². The van der Waals surface area contributed by atoms with Crippen molar-refractivity contribution in [3.63, 3.8) is 0 Å². The highest BCUT2D eigenvalue weighted by atomic mass is 79.9. The van der Waals surface area contributed by atoms with Crippen LogP contribution >= 0.6 is 15.9 Å². The van der Waals surface area contributed by atoms with Crippen LogP contribution in [0.15, 0.2) is 33.6 Å². The van der Waals surface area contributed by atoms with Crippen molar-refractivity contribution in [3.05, 3.63) is 28.7 Å². The molecule has 2 aliphatic rings. The van der Waals surface area contributed by atoms with Gasteiger partial charge in [0.25, 0.3) is 10.1 Å². The molecule has 0 aliphatic heterocycles. The molecule has 98 valence electrons. The number of benzene rings is 1. The van der Waals surface area contributed by atoms with Crippen LogP contribution in [0.2, 0.25) is 0 Å². The topological polar surface area (TPSA) is 43.4 Å². The smallest absolute Gasteiger partial charge is 0.263 e. The van der Waals surface area contributed by atoms with Gasteiger partial charge in [0, 0.05) is 4.47 Å². The molecule has 0 N–H and O–H groups in total. The zero-order valence-electron chi connectivity index (χ0n) is 9.88. The Balaban J connectivity index is 1.76. The molecule has 3 rings (SSSR count). The molecule has 0 amide bonds. The van der Waals surface area contributed by atoms with Crippen LogP contribution in [0.3, 0.4) is 0 Å². The van der Waals surface area contributed by atoms with Gasteiger partial charge in [0.05, 0.1) is 11.0 Å². The van der Waals surface area contributed by atoms with Gasteiger partial charge >= 0.3 is 0 Å². The van der Waals surface area contributed by atoms with E-state index >= 15 is 0 Å². The van der Waals surface area contributed by atoms with Gasteiger partial charge in [-0.1, -0.05) is 15.9 Å². The van der Waals surface area contributed by atoms with E-state index < -0.39 is 10.1 Å². The van der Waals surface area contributed by atoms with Crippen molar-refractivity contribution >= 4 is 26.0 Å². The molecule has 0 radical (unpaired) electrons. The minimum Gasteiger partial charge on any atom is -0.263 e. The lowest BCUT2D eigenvalue weighted by atomic mass is 9.76. The van der Waals surface area contributed by atoms with Crippen LogP contribution in [0.1, 0.15) is 25.7 Å². The quantitative estimate of drug-likeness (QED) is 0.798. The second-order valence-corrected chi connectivity index (χ2v) is 7.61. The molecule has 0 saturated heterocycles. The number of rotatable bonds is 3. The van der Waals surface area contributed by atoms with Gasteiger partial charge in [0.2, 0.25) is 0 Å². The Morgan fingerprint density at radius 1 is 1.06 bits per heavy atom. The van der Waals surface area contributed by atoms with E-state index in [0.29, 0.717) is 11.8 Å². The summed E-state index contributed by atoms with van der Waals surface area (Å²) in [5, 5.41) is 0. The molecular weight excluding hydrogens is 316 g/mol. The van der Waals surface area contributed by atoms with Gasteiger partial charge in [0.1, 0.15) is 0 Å². The predicted molar refractivity (Wildman–Crippen MR) is 71.6 cm³/mol. The van der Waals surface area contributed by atoms with Gasteiger partial charge in [0.15, 0.2) is 0 Å². The molecule has 1 aromatic rings. The van der Waals surface area contributed by atoms with Gasteiger partial charge < -0.3 is 0 Å². The van der Waals surface area contributed by atoms with Crippen molar-refractivity contribution in [3.8, 4) is 0 Å². The fourth-order valence-electron chi connectivity index (χ4n) is 2.97. The minimum atomic E-state index is -3.60. The molecule has 3 atom stereocenters. The van der Waals surface area contributed by atoms with E-state index in [0.717, 1.165) is 23.7 Å². The van der Waals surface area contributed by atoms with Crippen molar-refractivity contribution in [1.82, 2.24) is 0 Å². The summed E-state index contributed by atoms with van der Waals surface area (Å²) in [6, 6.07) is 6.59. The average molecular weight is 331 g/mol. The summed E-state index contributed by atoms with van der Waals surface area (Å²) in [7, 11) is -3.60. The largest absolute Gasteiger partial charge is 0.297 e. The van der Waals surface area contributed by atoms with Crippen LogP contribution in [0, 0.1) is 11.8 Å². The van der Waals surface area contributed by atoms with Crippen molar-refractivity contribution in [1.29, 1.82) is 0 Å². The van der Waals surface area contributed by atoms with Crippen LogP contribution in [0.5, 0.6) is 0 Å². The standard InChI is InChI=1S/C13H15BrO3S/c14-10-3-5-11(6-4-10)18(15,16)17-13-8-2-9-1-7-12(9)13/h3-6,9,12-13H,1-2,7-8H2/t9-,12+,13+/m0/s1. The first-order valence-electron chi connectivity index (χ1n) is 6.25. The number of fused-ring (bicyclic) bond motifs is 1. The van der Waals surface area contributed by atoms with Gasteiger partial charge in [-0.2, -0.15) is 8.42 Å². The van der Waals surface area contributed by atoms with E-state index in [1.807, 2.05) is 0 Å². The van der Waals surface area contributed by atoms with E-state index in [1.54, 1.807) is 24.3 Å². The van der Waals surface area contributed by atoms with Crippen molar-refractivity contribution in [2.45, 2.75) is 36.7 Å². The first-order chi connectivity index (χ1) is 8.56. The summed E-state index contributed by atoms with van der Waals surface area (Å²) < 4.78 is 30.6. The molecule has 0 heterocycles. The predicted octanol–water partition coefficient (Wildman–Crippen LogP) is 3.34. The molecule has 0 bridgehead atoms. The number of hydrogen-bond donors (Lipinski definition) is 0. The molecule has 1 aromatic carbocycles. The maximum absolute atomic E-state index is 12.1. The van der Waals surface area contributed by atoms with Crippen molar-refractivity contribution < 1.29 is 12.6 Å². The highest BCUT2D eigenvalue weighted by Gasteiger charge is 2.44. The maximum Gasteiger partial charge on any atom is 0.297 e. The first-order valence-corrected chi connectivity index (χ1v) is 8.45. The highest BCUT2D eigenvalue weighted by Crippen LogP contribution is 2.48. The SMILES string of the molecule is O=S(=O)(O[C@@H]1CC[C@@H]2CC[C@H]21)c1ccc(Br)cc1. The van der Waals surface area contributed by atoms with Crippen LogP contribution in [-0.2, 0) is 14.3 Å². The second-order valence-electron chi connectivity index (χ2n) is 5.12. The normalized spacial score (nSPS) is 30.8. The van der Waals surface area contributed by atoms with E-state index in [-0.39, 0.29) is 11.0 Å². The molecule has 0 aromatic heterocycles. The monoisotopic (exact) mass is 330 g/mol. The third-order valence-corrected chi connectivity index (χ3v) is 6.01. The molecule has 2 aliphatic carbocycles. The summed E-state index contributed by atoms with van der Waals surface area (Å²) in [6.45, 7) is 0. The molecular formula is C13H15BrO3S. The Hall–Kier alpha value is -0.390. The van der Waals surface area contributed by atoms with Gasteiger partial charge in [-0.25, -0.2) is 0 Å². The van der Waals surface area contributed by atoms with Crippen LogP contribution in [0.25, 0.3) is 0 Å². The van der Waals surface area contributed by atoms with Crippen LogP contribution in [0.4, 0.5) is 0 Å². The lowest BCUT2D eigenvalue weighted by Gasteiger charge is -2.33. The lowest BCUT2D eigenvalue weighted by molar-refractivity contribution is 0.0908. The third-order valence-electron chi connectivity index (χ3n) is 4.13. The summed E-state index contributed by atoms with van der Waals surface area (Å²) >= 11 is 3.29. The molecule has 5 heteroatoms. The van der Waals surface area contributed by atoms with Gasteiger partial charge in [-0.05, 0) is 61.8 Å². The fourth-order valence-corrected chi connectivity index (χ4v) is 4.38. The van der Waals surface area contributed by atoms with Gasteiger partial charge in [-0.15, -0.1) is 0 Å². The maximum atomic E-state index is 12.1. The zero-order valence-corrected chi connectivity index (χ0v) is 12.3. The fraction of sp³-hybridized carbons (Fsp3) is 0.538. The minimum absolute atomic E-state index is 0.0996. The second kappa shape index (κ2) is 4.62. The third kappa shape index (κ3) is 2.24. The van der Waals surface area contributed by atoms with E-state index in [9.17, 15) is 8.42 Å². The molecule has 18 heavy (non-hydrogen) atoms. The van der Waals surface area contributed by atoms with Gasteiger partial charge in [-0.3, -0.25) is 4.18 Å². The average Bonchev–Trinajstić information content (AvgIpc) is 2.52. The van der Waals surface area contributed by atoms with E-state index in [2.05, 4.69) is 15.9 Å². The zero-order chi connectivity index (χ0) is 12.8. The van der Waals surface area contributed by atoms with Crippen molar-refractivity contribution in [2.75, 3.05) is 0 Å². The Morgan fingerprint density at radius 2 is 1.72 bits per heavy atom. The first kappa shape index (κ1) is 12.6. The molecule has 2 fully saturated rings. The highest BCUT2D eigenvalue weighted by molar-refractivity contribution is 9.10. The molecule has 2 saturated carbocycles. The summed E-state index contributed by atoms with van der Waals surface area (Å²) in [4.78, 5) is 0.244. The van der Waals surface area contributed by atoms with E-state index in [1.165, 1.54) is 6.42 Å². The van der Waals surface area contributed by atoms with Crippen LogP contribution in [-0.4, -0.2) is 14.5 Å². The lowest BCUT2D eigenvalue weighted by Crippen LogP contribution is -2.31. The summed E-state index contributed by atoms with van der Waals surface area (Å²) in [5.74, 6) is 1.17. The summed E-state index contributed by atoms with van der Waals surface area (Å²) in [6.07, 6.45) is 4.25. The Morgan fingerprint density at radius 3 is 2.28 bits per heavy atom. The number of halogens is 1. The molecule has 0 unspecified atom stereocenters. The van der Waals surface area contributed by atoms with Crippen LogP contribution < -0.4 is 0 Å². The summed E-state index contributed by atoms with van der Waals surface area (Å²) in [5.41, 5.74) is 0. The van der Waals surface area contributed by atoms with E-state index in [4.69, 9.17) is 4.18 Å². The molecule has 0 spiro atoms. The number of hydrogen-bond acceptors (Lipinski definition) is 3.